The summed E-state index contributed by atoms with van der Waals surface area (Å²) in [5.41, 5.74) is 1.82. The first-order chi connectivity index (χ1) is 14.9. The molecule has 0 amide bonds. The smallest absolute Gasteiger partial charge is 0.128 e. The third kappa shape index (κ3) is 4.54. The zero-order valence-electron chi connectivity index (χ0n) is 18.9. The second kappa shape index (κ2) is 9.01. The van der Waals surface area contributed by atoms with Gasteiger partial charge in [-0.25, -0.2) is 0 Å². The van der Waals surface area contributed by atoms with E-state index in [1.54, 1.807) is 6.07 Å². The third-order valence-corrected chi connectivity index (χ3v) is 5.81. The molecule has 1 N–H and O–H groups in total. The fraction of sp³-hybridized carbons (Fsp3) is 0.310. The SMILES string of the molecule is CC(C)CC(CC(C)C)Oc1ccc2ccccc2c1-c1c(O)ccc2ccccc12. The minimum atomic E-state index is 0.136. The molecule has 0 atom stereocenters. The average molecular weight is 413 g/mol. The Morgan fingerprint density at radius 1 is 0.645 bits per heavy atom. The lowest BCUT2D eigenvalue weighted by atomic mass is 9.92. The standard InChI is InChI=1S/C29H32O2/c1-19(2)17-23(18-20(3)4)31-27-16-14-22-10-6-8-12-25(22)29(27)28-24-11-7-5-9-21(24)13-15-26(28)30/h5-16,19-20,23,30H,17-18H2,1-4H3. The molecular weight excluding hydrogens is 380 g/mol. The van der Waals surface area contributed by atoms with E-state index in [0.29, 0.717) is 11.8 Å². The van der Waals surface area contributed by atoms with Gasteiger partial charge >= 0.3 is 0 Å². The summed E-state index contributed by atoms with van der Waals surface area (Å²) >= 11 is 0. The Bertz CT molecular complexity index is 1180. The van der Waals surface area contributed by atoms with E-state index in [1.165, 1.54) is 0 Å². The highest BCUT2D eigenvalue weighted by molar-refractivity contribution is 6.09. The highest BCUT2D eigenvalue weighted by Gasteiger charge is 2.21. The number of phenols is 1. The van der Waals surface area contributed by atoms with Crippen molar-refractivity contribution < 1.29 is 9.84 Å². The molecular formula is C29H32O2. The van der Waals surface area contributed by atoms with Gasteiger partial charge in [-0.3, -0.25) is 0 Å². The normalized spacial score (nSPS) is 11.8. The average Bonchev–Trinajstić information content (AvgIpc) is 2.73. The molecule has 0 fully saturated rings. The van der Waals surface area contributed by atoms with E-state index in [1.807, 2.05) is 18.2 Å². The van der Waals surface area contributed by atoms with Gasteiger partial charge in [0, 0.05) is 11.1 Å². The van der Waals surface area contributed by atoms with E-state index in [2.05, 4.69) is 76.2 Å². The predicted octanol–water partition coefficient (Wildman–Crippen LogP) is 8.21. The summed E-state index contributed by atoms with van der Waals surface area (Å²) in [4.78, 5) is 0. The molecule has 0 unspecified atom stereocenters. The van der Waals surface area contributed by atoms with Crippen LogP contribution in [0, 0.1) is 11.8 Å². The van der Waals surface area contributed by atoms with Crippen molar-refractivity contribution in [2.45, 2.75) is 46.6 Å². The maximum atomic E-state index is 11.0. The molecule has 0 aliphatic rings. The highest BCUT2D eigenvalue weighted by Crippen LogP contribution is 2.45. The van der Waals surface area contributed by atoms with Gasteiger partial charge in [0.25, 0.3) is 0 Å². The fourth-order valence-corrected chi connectivity index (χ4v) is 4.55. The molecule has 0 saturated heterocycles. The second-order valence-corrected chi connectivity index (χ2v) is 9.34. The third-order valence-electron chi connectivity index (χ3n) is 5.81. The molecule has 4 rings (SSSR count). The first kappa shape index (κ1) is 21.2. The summed E-state index contributed by atoms with van der Waals surface area (Å²) in [6, 6.07) is 24.5. The Morgan fingerprint density at radius 3 is 1.74 bits per heavy atom. The van der Waals surface area contributed by atoms with Crippen LogP contribution in [0.4, 0.5) is 0 Å². The topological polar surface area (TPSA) is 29.5 Å². The number of phenolic OH excluding ortho intramolecular Hbond substituents is 1. The van der Waals surface area contributed by atoms with Crippen LogP contribution in [-0.4, -0.2) is 11.2 Å². The van der Waals surface area contributed by atoms with Crippen molar-refractivity contribution in [3.05, 3.63) is 72.8 Å². The van der Waals surface area contributed by atoms with Gasteiger partial charge in [-0.15, -0.1) is 0 Å². The second-order valence-electron chi connectivity index (χ2n) is 9.34. The summed E-state index contributed by atoms with van der Waals surface area (Å²) in [5, 5.41) is 15.4. The van der Waals surface area contributed by atoms with Crippen molar-refractivity contribution in [1.82, 2.24) is 0 Å². The van der Waals surface area contributed by atoms with Crippen LogP contribution in [0.5, 0.6) is 11.5 Å². The Labute approximate surface area is 185 Å². The lowest BCUT2D eigenvalue weighted by Crippen LogP contribution is -2.21. The van der Waals surface area contributed by atoms with Gasteiger partial charge in [-0.1, -0.05) is 88.4 Å². The van der Waals surface area contributed by atoms with E-state index in [9.17, 15) is 5.11 Å². The lowest BCUT2D eigenvalue weighted by molar-refractivity contribution is 0.150. The van der Waals surface area contributed by atoms with Crippen molar-refractivity contribution in [3.8, 4) is 22.6 Å². The summed E-state index contributed by atoms with van der Waals surface area (Å²) in [5.74, 6) is 2.23. The molecule has 2 nitrogen and oxygen atoms in total. The molecule has 0 radical (unpaired) electrons. The van der Waals surface area contributed by atoms with Gasteiger partial charge in [0.1, 0.15) is 11.5 Å². The van der Waals surface area contributed by atoms with Gasteiger partial charge in [0.05, 0.1) is 6.10 Å². The molecule has 4 aromatic carbocycles. The summed E-state index contributed by atoms with van der Waals surface area (Å²) in [6.45, 7) is 8.98. The van der Waals surface area contributed by atoms with Crippen molar-refractivity contribution in [2.24, 2.45) is 11.8 Å². The van der Waals surface area contributed by atoms with Gasteiger partial charge in [-0.2, -0.15) is 0 Å². The van der Waals surface area contributed by atoms with E-state index in [0.717, 1.165) is 51.3 Å². The Kier molecular flexibility index (Phi) is 6.18. The number of rotatable bonds is 7. The molecule has 4 aromatic rings. The summed E-state index contributed by atoms with van der Waals surface area (Å²) in [6.07, 6.45) is 2.15. The summed E-state index contributed by atoms with van der Waals surface area (Å²) < 4.78 is 6.72. The number of hydrogen-bond acceptors (Lipinski definition) is 2. The number of aromatic hydroxyl groups is 1. The monoisotopic (exact) mass is 412 g/mol. The van der Waals surface area contributed by atoms with E-state index < -0.39 is 0 Å². The molecule has 0 aliphatic carbocycles. The van der Waals surface area contributed by atoms with Crippen LogP contribution >= 0.6 is 0 Å². The van der Waals surface area contributed by atoms with Crippen LogP contribution < -0.4 is 4.74 Å². The van der Waals surface area contributed by atoms with Crippen LogP contribution in [-0.2, 0) is 0 Å². The molecule has 0 spiro atoms. The molecule has 0 bridgehead atoms. The van der Waals surface area contributed by atoms with Crippen LogP contribution in [0.25, 0.3) is 32.7 Å². The molecule has 2 heteroatoms. The Hall–Kier alpha value is -3.00. The Morgan fingerprint density at radius 2 is 1.16 bits per heavy atom. The number of hydrogen-bond donors (Lipinski definition) is 1. The van der Waals surface area contributed by atoms with Crippen LogP contribution in [0.3, 0.4) is 0 Å². The number of fused-ring (bicyclic) bond motifs is 2. The largest absolute Gasteiger partial charge is 0.507 e. The van der Waals surface area contributed by atoms with Crippen molar-refractivity contribution in [3.63, 3.8) is 0 Å². The zero-order chi connectivity index (χ0) is 22.0. The van der Waals surface area contributed by atoms with Crippen LogP contribution in [0.1, 0.15) is 40.5 Å². The van der Waals surface area contributed by atoms with Crippen LogP contribution in [0.2, 0.25) is 0 Å². The zero-order valence-corrected chi connectivity index (χ0v) is 18.9. The fourth-order valence-electron chi connectivity index (χ4n) is 4.55. The lowest BCUT2D eigenvalue weighted by Gasteiger charge is -2.25. The minimum absolute atomic E-state index is 0.136. The predicted molar refractivity (Wildman–Crippen MR) is 132 cm³/mol. The van der Waals surface area contributed by atoms with E-state index in [-0.39, 0.29) is 11.9 Å². The first-order valence-corrected chi connectivity index (χ1v) is 11.3. The molecule has 0 aromatic heterocycles. The first-order valence-electron chi connectivity index (χ1n) is 11.3. The van der Waals surface area contributed by atoms with Gasteiger partial charge in [0.15, 0.2) is 0 Å². The Balaban J connectivity index is 1.95. The molecule has 31 heavy (non-hydrogen) atoms. The number of benzene rings is 4. The molecule has 0 aliphatic heterocycles. The van der Waals surface area contributed by atoms with E-state index >= 15 is 0 Å². The van der Waals surface area contributed by atoms with Crippen molar-refractivity contribution in [2.75, 3.05) is 0 Å². The van der Waals surface area contributed by atoms with Crippen molar-refractivity contribution >= 4 is 21.5 Å². The summed E-state index contributed by atoms with van der Waals surface area (Å²) in [7, 11) is 0. The van der Waals surface area contributed by atoms with Gasteiger partial charge in [0.2, 0.25) is 0 Å². The minimum Gasteiger partial charge on any atom is -0.507 e. The molecule has 160 valence electrons. The highest BCUT2D eigenvalue weighted by atomic mass is 16.5. The molecule has 0 heterocycles. The van der Waals surface area contributed by atoms with E-state index in [4.69, 9.17) is 4.74 Å². The number of ether oxygens (including phenoxy) is 1. The van der Waals surface area contributed by atoms with Crippen LogP contribution in [0.15, 0.2) is 72.8 Å². The quantitative estimate of drug-likeness (QED) is 0.331. The maximum absolute atomic E-state index is 11.0. The van der Waals surface area contributed by atoms with Gasteiger partial charge in [-0.05, 0) is 58.4 Å². The van der Waals surface area contributed by atoms with Crippen molar-refractivity contribution in [1.29, 1.82) is 0 Å². The molecule has 0 saturated carbocycles. The maximum Gasteiger partial charge on any atom is 0.128 e. The van der Waals surface area contributed by atoms with Gasteiger partial charge < -0.3 is 9.84 Å².